The van der Waals surface area contributed by atoms with E-state index in [1.807, 2.05) is 29.5 Å². The average molecular weight is 303 g/mol. The molecule has 1 unspecified atom stereocenters. The highest BCUT2D eigenvalue weighted by atomic mass is 16.5. The van der Waals surface area contributed by atoms with E-state index in [4.69, 9.17) is 9.84 Å². The lowest BCUT2D eigenvalue weighted by Crippen LogP contribution is -2.34. The molecule has 0 saturated heterocycles. The van der Waals surface area contributed by atoms with Crippen LogP contribution < -0.4 is 0 Å². The second kappa shape index (κ2) is 6.62. The minimum absolute atomic E-state index is 0.355. The quantitative estimate of drug-likeness (QED) is 0.816. The molecule has 6 heteroatoms. The van der Waals surface area contributed by atoms with E-state index < -0.39 is 0 Å². The van der Waals surface area contributed by atoms with E-state index in [0.29, 0.717) is 5.92 Å². The van der Waals surface area contributed by atoms with Gasteiger partial charge in [-0.3, -0.25) is 14.3 Å². The van der Waals surface area contributed by atoms with Crippen LogP contribution in [0.2, 0.25) is 0 Å². The summed E-state index contributed by atoms with van der Waals surface area (Å²) in [6, 6.07) is 0. The molecule has 0 radical (unpaired) electrons. The topological polar surface area (TPSA) is 48.1 Å². The summed E-state index contributed by atoms with van der Waals surface area (Å²) in [5, 5.41) is 9.00. The number of rotatable bonds is 6. The van der Waals surface area contributed by atoms with E-state index in [2.05, 4.69) is 29.3 Å². The molecule has 0 amide bonds. The van der Waals surface area contributed by atoms with Crippen LogP contribution in [0.25, 0.3) is 0 Å². The van der Waals surface area contributed by atoms with Crippen molar-refractivity contribution >= 4 is 0 Å². The third-order valence-electron chi connectivity index (χ3n) is 4.14. The maximum Gasteiger partial charge on any atom is 0.0736 e. The highest BCUT2D eigenvalue weighted by Crippen LogP contribution is 2.28. The van der Waals surface area contributed by atoms with E-state index in [9.17, 15) is 0 Å². The van der Waals surface area contributed by atoms with Crippen molar-refractivity contribution in [2.45, 2.75) is 39.4 Å². The standard InChI is InChI=1S/C16H25N5O/c1-4-21-11-14-9-20(8-13-6-17-19(3)7-13)10-15(12-22-5-2)16(14)18-21/h6-7,11,15H,4-5,8-10,12H2,1-3H3. The van der Waals surface area contributed by atoms with Gasteiger partial charge in [-0.15, -0.1) is 0 Å². The second-order valence-corrected chi connectivity index (χ2v) is 5.94. The summed E-state index contributed by atoms with van der Waals surface area (Å²) in [6.45, 7) is 9.45. The molecule has 0 N–H and O–H groups in total. The Balaban J connectivity index is 1.77. The zero-order valence-corrected chi connectivity index (χ0v) is 13.7. The summed E-state index contributed by atoms with van der Waals surface area (Å²) < 4.78 is 9.58. The largest absolute Gasteiger partial charge is 0.381 e. The van der Waals surface area contributed by atoms with Gasteiger partial charge in [0.2, 0.25) is 0 Å². The number of ether oxygens (including phenoxy) is 1. The molecule has 1 aliphatic rings. The first-order valence-corrected chi connectivity index (χ1v) is 8.03. The number of fused-ring (bicyclic) bond motifs is 1. The first-order valence-electron chi connectivity index (χ1n) is 8.03. The van der Waals surface area contributed by atoms with Gasteiger partial charge in [-0.25, -0.2) is 0 Å². The van der Waals surface area contributed by atoms with E-state index in [1.54, 1.807) is 0 Å². The molecular weight excluding hydrogens is 278 g/mol. The Labute approximate surface area is 131 Å². The van der Waals surface area contributed by atoms with Crippen molar-refractivity contribution in [3.8, 4) is 0 Å². The van der Waals surface area contributed by atoms with E-state index in [-0.39, 0.29) is 0 Å². The number of nitrogens with zero attached hydrogens (tertiary/aromatic N) is 5. The smallest absolute Gasteiger partial charge is 0.0736 e. The van der Waals surface area contributed by atoms with Gasteiger partial charge in [0.05, 0.1) is 18.5 Å². The Hall–Kier alpha value is -1.66. The lowest BCUT2D eigenvalue weighted by molar-refractivity contribution is 0.104. The van der Waals surface area contributed by atoms with Crippen LogP contribution in [0.4, 0.5) is 0 Å². The Morgan fingerprint density at radius 3 is 2.86 bits per heavy atom. The highest BCUT2D eigenvalue weighted by molar-refractivity contribution is 5.25. The maximum absolute atomic E-state index is 5.68. The van der Waals surface area contributed by atoms with Crippen molar-refractivity contribution in [1.82, 2.24) is 24.5 Å². The Kier molecular flexibility index (Phi) is 4.59. The van der Waals surface area contributed by atoms with Crippen LogP contribution in [0, 0.1) is 0 Å². The number of hydrogen-bond donors (Lipinski definition) is 0. The summed E-state index contributed by atoms with van der Waals surface area (Å²) >= 11 is 0. The molecule has 0 aromatic carbocycles. The first-order chi connectivity index (χ1) is 10.7. The van der Waals surface area contributed by atoms with Crippen molar-refractivity contribution in [2.24, 2.45) is 7.05 Å². The SMILES string of the molecule is CCOCC1CN(Cc2cnn(C)c2)Cc2cn(CC)nc21. The molecule has 3 heterocycles. The van der Waals surface area contributed by atoms with E-state index >= 15 is 0 Å². The van der Waals surface area contributed by atoms with Crippen molar-refractivity contribution in [3.63, 3.8) is 0 Å². The molecule has 1 aliphatic heterocycles. The average Bonchev–Trinajstić information content (AvgIpc) is 3.10. The summed E-state index contributed by atoms with van der Waals surface area (Å²) in [5.74, 6) is 0.355. The number of hydrogen-bond acceptors (Lipinski definition) is 4. The molecule has 0 fully saturated rings. The highest BCUT2D eigenvalue weighted by Gasteiger charge is 2.28. The minimum Gasteiger partial charge on any atom is -0.381 e. The Morgan fingerprint density at radius 1 is 1.32 bits per heavy atom. The van der Waals surface area contributed by atoms with Gasteiger partial charge in [-0.05, 0) is 13.8 Å². The molecule has 2 aromatic rings. The van der Waals surface area contributed by atoms with Crippen LogP contribution in [0.5, 0.6) is 0 Å². The molecule has 120 valence electrons. The fraction of sp³-hybridized carbons (Fsp3) is 0.625. The molecule has 0 bridgehead atoms. The van der Waals surface area contributed by atoms with E-state index in [1.165, 1.54) is 16.8 Å². The fourth-order valence-electron chi connectivity index (χ4n) is 3.13. The van der Waals surface area contributed by atoms with Crippen LogP contribution in [0.1, 0.15) is 36.6 Å². The monoisotopic (exact) mass is 303 g/mol. The van der Waals surface area contributed by atoms with Gasteiger partial charge < -0.3 is 4.74 Å². The lowest BCUT2D eigenvalue weighted by Gasteiger charge is -2.31. The molecule has 2 aromatic heterocycles. The van der Waals surface area contributed by atoms with Gasteiger partial charge >= 0.3 is 0 Å². The lowest BCUT2D eigenvalue weighted by atomic mass is 9.97. The molecule has 0 saturated carbocycles. The van der Waals surface area contributed by atoms with Crippen LogP contribution in [-0.4, -0.2) is 44.2 Å². The summed E-state index contributed by atoms with van der Waals surface area (Å²) in [7, 11) is 1.96. The zero-order valence-electron chi connectivity index (χ0n) is 13.7. The van der Waals surface area contributed by atoms with Crippen molar-refractivity contribution in [3.05, 3.63) is 35.4 Å². The van der Waals surface area contributed by atoms with Crippen LogP contribution in [-0.2, 0) is 31.4 Å². The Bertz CT molecular complexity index is 618. The third kappa shape index (κ3) is 3.23. The predicted molar refractivity (Wildman–Crippen MR) is 84.5 cm³/mol. The first kappa shape index (κ1) is 15.2. The summed E-state index contributed by atoms with van der Waals surface area (Å²) in [4.78, 5) is 2.46. The van der Waals surface area contributed by atoms with Crippen molar-refractivity contribution in [2.75, 3.05) is 19.8 Å². The van der Waals surface area contributed by atoms with Crippen LogP contribution in [0.3, 0.4) is 0 Å². The van der Waals surface area contributed by atoms with Gasteiger partial charge in [0.15, 0.2) is 0 Å². The third-order valence-corrected chi connectivity index (χ3v) is 4.14. The normalized spacial score (nSPS) is 18.6. The second-order valence-electron chi connectivity index (χ2n) is 5.94. The molecule has 22 heavy (non-hydrogen) atoms. The summed E-state index contributed by atoms with van der Waals surface area (Å²) in [6.07, 6.45) is 6.22. The molecule has 0 spiro atoms. The van der Waals surface area contributed by atoms with E-state index in [0.717, 1.165) is 39.4 Å². The van der Waals surface area contributed by atoms with Gasteiger partial charge in [0.1, 0.15) is 0 Å². The van der Waals surface area contributed by atoms with Gasteiger partial charge in [-0.1, -0.05) is 0 Å². The molecular formula is C16H25N5O. The Morgan fingerprint density at radius 2 is 2.18 bits per heavy atom. The minimum atomic E-state index is 0.355. The zero-order chi connectivity index (χ0) is 15.5. The molecule has 3 rings (SSSR count). The number of aryl methyl sites for hydroxylation is 2. The van der Waals surface area contributed by atoms with Crippen LogP contribution >= 0.6 is 0 Å². The fourth-order valence-corrected chi connectivity index (χ4v) is 3.13. The van der Waals surface area contributed by atoms with Crippen LogP contribution in [0.15, 0.2) is 18.6 Å². The molecule has 0 aliphatic carbocycles. The maximum atomic E-state index is 5.68. The number of aromatic nitrogens is 4. The molecule has 1 atom stereocenters. The predicted octanol–water partition coefficient (Wildman–Crippen LogP) is 1.77. The van der Waals surface area contributed by atoms with Gasteiger partial charge in [-0.2, -0.15) is 10.2 Å². The van der Waals surface area contributed by atoms with Crippen molar-refractivity contribution in [1.29, 1.82) is 0 Å². The summed E-state index contributed by atoms with van der Waals surface area (Å²) in [5.41, 5.74) is 3.81. The van der Waals surface area contributed by atoms with Gasteiger partial charge in [0, 0.05) is 69.3 Å². The van der Waals surface area contributed by atoms with Gasteiger partial charge in [0.25, 0.3) is 0 Å². The molecule has 6 nitrogen and oxygen atoms in total. The van der Waals surface area contributed by atoms with Crippen molar-refractivity contribution < 1.29 is 4.74 Å².